The number of benzene rings is 1. The van der Waals surface area contributed by atoms with Crippen molar-refractivity contribution >= 4 is 0 Å². The zero-order chi connectivity index (χ0) is 14.8. The number of nitrogens with zero attached hydrogens (tertiary/aromatic N) is 3. The predicted octanol–water partition coefficient (Wildman–Crippen LogP) is 2.68. The summed E-state index contributed by atoms with van der Waals surface area (Å²) in [7, 11) is 1.73. The van der Waals surface area contributed by atoms with E-state index in [0.29, 0.717) is 12.4 Å². The molecule has 7 heteroatoms. The second kappa shape index (κ2) is 5.62. The molecule has 1 atom stereocenters. The second-order valence-corrected chi connectivity index (χ2v) is 4.49. The molecule has 1 aromatic heterocycles. The van der Waals surface area contributed by atoms with E-state index in [1.165, 1.54) is 18.5 Å². The van der Waals surface area contributed by atoms with E-state index < -0.39 is 17.8 Å². The number of aromatic nitrogens is 3. The molecule has 1 heterocycles. The third kappa shape index (κ3) is 3.16. The van der Waals surface area contributed by atoms with Gasteiger partial charge in [0.1, 0.15) is 12.2 Å². The van der Waals surface area contributed by atoms with Crippen LogP contribution in [0.5, 0.6) is 0 Å². The van der Waals surface area contributed by atoms with E-state index in [-0.39, 0.29) is 5.56 Å². The van der Waals surface area contributed by atoms with Crippen molar-refractivity contribution in [1.82, 2.24) is 20.1 Å². The van der Waals surface area contributed by atoms with Crippen LogP contribution < -0.4 is 5.32 Å². The molecule has 0 aliphatic carbocycles. The lowest BCUT2D eigenvalue weighted by Gasteiger charge is -2.19. The maximum absolute atomic E-state index is 12.9. The Morgan fingerprint density at radius 2 is 2.00 bits per heavy atom. The van der Waals surface area contributed by atoms with Crippen LogP contribution in [-0.2, 0) is 19.8 Å². The highest BCUT2D eigenvalue weighted by atomic mass is 19.4. The zero-order valence-corrected chi connectivity index (χ0v) is 11.1. The van der Waals surface area contributed by atoms with Gasteiger partial charge in [0.2, 0.25) is 0 Å². The summed E-state index contributed by atoms with van der Waals surface area (Å²) in [6.07, 6.45) is -2.94. The first-order valence-corrected chi connectivity index (χ1v) is 6.12. The Balaban J connectivity index is 2.14. The van der Waals surface area contributed by atoms with Crippen LogP contribution in [-0.4, -0.2) is 14.8 Å². The molecule has 0 amide bonds. The molecule has 0 saturated carbocycles. The third-order valence-electron chi connectivity index (χ3n) is 3.10. The van der Waals surface area contributed by atoms with Gasteiger partial charge >= 0.3 is 6.18 Å². The van der Waals surface area contributed by atoms with Crippen LogP contribution in [0.2, 0.25) is 0 Å². The van der Waals surface area contributed by atoms with Gasteiger partial charge in [-0.05, 0) is 18.6 Å². The molecule has 0 radical (unpaired) electrons. The van der Waals surface area contributed by atoms with Gasteiger partial charge in [0.05, 0.1) is 12.1 Å². The lowest BCUT2D eigenvalue weighted by atomic mass is 10.0. The number of alkyl halides is 3. The number of aryl methyl sites for hydroxylation is 1. The minimum atomic E-state index is -4.35. The molecule has 0 spiro atoms. The summed E-state index contributed by atoms with van der Waals surface area (Å²) in [4.78, 5) is 4.02. The van der Waals surface area contributed by atoms with E-state index in [1.807, 2.05) is 0 Å². The van der Waals surface area contributed by atoms with Crippen LogP contribution in [0, 0.1) is 0 Å². The summed E-state index contributed by atoms with van der Waals surface area (Å²) in [6, 6.07) is 5.13. The minimum absolute atomic E-state index is 0.224. The van der Waals surface area contributed by atoms with Crippen molar-refractivity contribution in [2.75, 3.05) is 0 Å². The molecule has 0 fully saturated rings. The third-order valence-corrected chi connectivity index (χ3v) is 3.10. The van der Waals surface area contributed by atoms with Crippen LogP contribution >= 0.6 is 0 Å². The van der Waals surface area contributed by atoms with Crippen LogP contribution in [0.15, 0.2) is 30.6 Å². The standard InChI is InChI=1S/C13H15F3N4/c1-9(17-7-12-18-8-19-20(12)2)10-5-3-4-6-11(10)13(14,15)16/h3-6,8-9,17H,7H2,1-2H3/t9-/m1/s1. The normalized spacial score (nSPS) is 13.4. The van der Waals surface area contributed by atoms with Crippen LogP contribution in [0.25, 0.3) is 0 Å². The van der Waals surface area contributed by atoms with E-state index in [0.717, 1.165) is 6.07 Å². The van der Waals surface area contributed by atoms with Crippen molar-refractivity contribution in [2.45, 2.75) is 25.7 Å². The largest absolute Gasteiger partial charge is 0.416 e. The summed E-state index contributed by atoms with van der Waals surface area (Å²) < 4.78 is 40.4. The second-order valence-electron chi connectivity index (χ2n) is 4.49. The average Bonchev–Trinajstić information content (AvgIpc) is 2.80. The van der Waals surface area contributed by atoms with E-state index in [1.54, 1.807) is 24.7 Å². The summed E-state index contributed by atoms with van der Waals surface area (Å²) in [5, 5.41) is 6.94. The van der Waals surface area contributed by atoms with E-state index >= 15 is 0 Å². The van der Waals surface area contributed by atoms with Gasteiger partial charge in [0.25, 0.3) is 0 Å². The minimum Gasteiger partial charge on any atom is -0.303 e. The smallest absolute Gasteiger partial charge is 0.303 e. The molecule has 20 heavy (non-hydrogen) atoms. The fourth-order valence-corrected chi connectivity index (χ4v) is 1.97. The first-order valence-electron chi connectivity index (χ1n) is 6.12. The van der Waals surface area contributed by atoms with Crippen molar-refractivity contribution in [3.05, 3.63) is 47.5 Å². The Morgan fingerprint density at radius 3 is 2.60 bits per heavy atom. The van der Waals surface area contributed by atoms with Gasteiger partial charge < -0.3 is 5.32 Å². The highest BCUT2D eigenvalue weighted by molar-refractivity contribution is 5.32. The highest BCUT2D eigenvalue weighted by Crippen LogP contribution is 2.34. The monoisotopic (exact) mass is 284 g/mol. The van der Waals surface area contributed by atoms with Gasteiger partial charge in [-0.1, -0.05) is 18.2 Å². The number of rotatable bonds is 4. The van der Waals surface area contributed by atoms with Crippen LogP contribution in [0.1, 0.15) is 29.9 Å². The van der Waals surface area contributed by atoms with E-state index in [9.17, 15) is 13.2 Å². The molecule has 2 aromatic rings. The number of nitrogens with one attached hydrogen (secondary N) is 1. The number of hydrogen-bond acceptors (Lipinski definition) is 3. The SMILES string of the molecule is C[C@@H](NCc1ncnn1C)c1ccccc1C(F)(F)F. The molecule has 0 aliphatic heterocycles. The summed E-state index contributed by atoms with van der Waals surface area (Å²) in [5.74, 6) is 0.668. The highest BCUT2D eigenvalue weighted by Gasteiger charge is 2.34. The Kier molecular flexibility index (Phi) is 4.08. The maximum Gasteiger partial charge on any atom is 0.416 e. The molecular weight excluding hydrogens is 269 g/mol. The average molecular weight is 284 g/mol. The summed E-state index contributed by atoms with van der Waals surface area (Å²) >= 11 is 0. The lowest BCUT2D eigenvalue weighted by Crippen LogP contribution is -2.23. The van der Waals surface area contributed by atoms with Gasteiger partial charge in [-0.15, -0.1) is 0 Å². The fourth-order valence-electron chi connectivity index (χ4n) is 1.97. The predicted molar refractivity (Wildman–Crippen MR) is 67.7 cm³/mol. The Morgan fingerprint density at radius 1 is 1.30 bits per heavy atom. The molecule has 2 rings (SSSR count). The first-order chi connectivity index (χ1) is 9.39. The molecule has 4 nitrogen and oxygen atoms in total. The van der Waals surface area contributed by atoms with Crippen LogP contribution in [0.4, 0.5) is 13.2 Å². The molecule has 1 aromatic carbocycles. The molecule has 108 valence electrons. The maximum atomic E-state index is 12.9. The van der Waals surface area contributed by atoms with Crippen molar-refractivity contribution < 1.29 is 13.2 Å². The molecule has 0 aliphatic rings. The van der Waals surface area contributed by atoms with Crippen molar-refractivity contribution in [3.8, 4) is 0 Å². The number of halogens is 3. The first kappa shape index (κ1) is 14.5. The molecule has 1 N–H and O–H groups in total. The Hall–Kier alpha value is -1.89. The molecule has 0 bridgehead atoms. The van der Waals surface area contributed by atoms with Crippen LogP contribution in [0.3, 0.4) is 0 Å². The summed E-state index contributed by atoms with van der Waals surface area (Å²) in [6.45, 7) is 2.05. The quantitative estimate of drug-likeness (QED) is 0.938. The van der Waals surface area contributed by atoms with Gasteiger partial charge in [-0.2, -0.15) is 18.3 Å². The molecule has 0 unspecified atom stereocenters. The van der Waals surface area contributed by atoms with Gasteiger partial charge in [-0.3, -0.25) is 4.68 Å². The van der Waals surface area contributed by atoms with Crippen molar-refractivity contribution in [2.24, 2.45) is 7.05 Å². The zero-order valence-electron chi connectivity index (χ0n) is 11.1. The van der Waals surface area contributed by atoms with E-state index in [4.69, 9.17) is 0 Å². The van der Waals surface area contributed by atoms with Gasteiger partial charge in [-0.25, -0.2) is 4.98 Å². The Bertz CT molecular complexity index is 577. The van der Waals surface area contributed by atoms with Crippen molar-refractivity contribution in [3.63, 3.8) is 0 Å². The molecule has 0 saturated heterocycles. The Labute approximate surface area is 114 Å². The number of hydrogen-bond donors (Lipinski definition) is 1. The van der Waals surface area contributed by atoms with Gasteiger partial charge in [0, 0.05) is 13.1 Å². The van der Waals surface area contributed by atoms with Crippen molar-refractivity contribution in [1.29, 1.82) is 0 Å². The topological polar surface area (TPSA) is 42.7 Å². The fraction of sp³-hybridized carbons (Fsp3) is 0.385. The summed E-state index contributed by atoms with van der Waals surface area (Å²) in [5.41, 5.74) is -0.389. The van der Waals surface area contributed by atoms with Gasteiger partial charge in [0.15, 0.2) is 0 Å². The van der Waals surface area contributed by atoms with E-state index in [2.05, 4.69) is 15.4 Å². The molecular formula is C13H15F3N4. The lowest BCUT2D eigenvalue weighted by molar-refractivity contribution is -0.138.